The minimum atomic E-state index is -3.02. The van der Waals surface area contributed by atoms with Gasteiger partial charge in [-0.15, -0.1) is 0 Å². The number of methoxy groups -OCH3 is 1. The highest BCUT2D eigenvalue weighted by Gasteiger charge is 2.15. The molecule has 0 bridgehead atoms. The molecule has 0 radical (unpaired) electrons. The van der Waals surface area contributed by atoms with Gasteiger partial charge >= 0.3 is 6.61 Å². The highest BCUT2D eigenvalue weighted by Crippen LogP contribution is 2.30. The molecule has 0 aliphatic rings. The predicted octanol–water partition coefficient (Wildman–Crippen LogP) is 4.08. The van der Waals surface area contributed by atoms with Gasteiger partial charge in [0.25, 0.3) is 5.91 Å². The number of hydrogen-bond acceptors (Lipinski definition) is 4. The second kappa shape index (κ2) is 9.34. The highest BCUT2D eigenvalue weighted by molar-refractivity contribution is 6.01. The molecule has 0 saturated carbocycles. The fourth-order valence-corrected chi connectivity index (χ4v) is 2.39. The van der Waals surface area contributed by atoms with Crippen LogP contribution in [0.15, 0.2) is 54.1 Å². The number of alkyl halides is 2. The van der Waals surface area contributed by atoms with Gasteiger partial charge in [-0.1, -0.05) is 36.4 Å². The minimum absolute atomic E-state index is 0.119. The van der Waals surface area contributed by atoms with Gasteiger partial charge in [-0.2, -0.15) is 14.0 Å². The van der Waals surface area contributed by atoms with Gasteiger partial charge in [-0.25, -0.2) is 0 Å². The third-order valence-corrected chi connectivity index (χ3v) is 3.73. The average Bonchev–Trinajstić information content (AvgIpc) is 2.66. The Balaban J connectivity index is 2.22. The monoisotopic (exact) mass is 372 g/mol. The van der Waals surface area contributed by atoms with E-state index in [0.717, 1.165) is 5.56 Å². The zero-order valence-electron chi connectivity index (χ0n) is 14.8. The zero-order chi connectivity index (χ0) is 19.8. The van der Waals surface area contributed by atoms with Crippen molar-refractivity contribution in [2.24, 2.45) is 0 Å². The second-order valence-corrected chi connectivity index (χ2v) is 5.56. The van der Waals surface area contributed by atoms with Crippen molar-refractivity contribution >= 4 is 12.0 Å². The number of halogens is 2. The molecule has 2 rings (SSSR count). The molecule has 1 unspecified atom stereocenters. The van der Waals surface area contributed by atoms with Crippen LogP contribution >= 0.6 is 0 Å². The molecule has 1 amide bonds. The summed E-state index contributed by atoms with van der Waals surface area (Å²) in [5, 5.41) is 12.0. The predicted molar refractivity (Wildman–Crippen MR) is 96.2 cm³/mol. The number of nitriles is 1. The molecule has 0 fully saturated rings. The van der Waals surface area contributed by atoms with E-state index >= 15 is 0 Å². The Labute approximate surface area is 155 Å². The molecular weight excluding hydrogens is 354 g/mol. The van der Waals surface area contributed by atoms with Gasteiger partial charge in [0.2, 0.25) is 0 Å². The van der Waals surface area contributed by atoms with E-state index in [2.05, 4.69) is 10.1 Å². The molecule has 140 valence electrons. The molecule has 27 heavy (non-hydrogen) atoms. The van der Waals surface area contributed by atoms with Crippen molar-refractivity contribution in [1.29, 1.82) is 5.26 Å². The number of nitrogens with zero attached hydrogens (tertiary/aromatic N) is 1. The fraction of sp³-hybridized carbons (Fsp3) is 0.200. The Hall–Kier alpha value is -3.40. The van der Waals surface area contributed by atoms with Gasteiger partial charge in [0.15, 0.2) is 11.5 Å². The van der Waals surface area contributed by atoms with Gasteiger partial charge in [-0.05, 0) is 36.3 Å². The van der Waals surface area contributed by atoms with Crippen LogP contribution in [-0.2, 0) is 4.79 Å². The number of amides is 1. The van der Waals surface area contributed by atoms with Crippen LogP contribution in [0.2, 0.25) is 0 Å². The molecule has 2 aromatic rings. The molecule has 0 aromatic heterocycles. The summed E-state index contributed by atoms with van der Waals surface area (Å²) in [5.41, 5.74) is 1.08. The number of nitrogens with one attached hydrogen (secondary N) is 1. The van der Waals surface area contributed by atoms with Gasteiger partial charge < -0.3 is 14.8 Å². The fourth-order valence-electron chi connectivity index (χ4n) is 2.39. The van der Waals surface area contributed by atoms with Crippen LogP contribution < -0.4 is 14.8 Å². The smallest absolute Gasteiger partial charge is 0.387 e. The number of rotatable bonds is 7. The number of benzene rings is 2. The van der Waals surface area contributed by atoms with Crippen molar-refractivity contribution in [3.05, 3.63) is 65.2 Å². The summed E-state index contributed by atoms with van der Waals surface area (Å²) in [6.07, 6.45) is 1.30. The first-order valence-corrected chi connectivity index (χ1v) is 8.05. The van der Waals surface area contributed by atoms with E-state index in [-0.39, 0.29) is 23.1 Å². The third kappa shape index (κ3) is 5.54. The second-order valence-electron chi connectivity index (χ2n) is 5.56. The van der Waals surface area contributed by atoms with Crippen LogP contribution in [0.25, 0.3) is 6.08 Å². The van der Waals surface area contributed by atoms with Crippen molar-refractivity contribution in [3.63, 3.8) is 0 Å². The van der Waals surface area contributed by atoms with Gasteiger partial charge in [-0.3, -0.25) is 4.79 Å². The average molecular weight is 372 g/mol. The van der Waals surface area contributed by atoms with Crippen molar-refractivity contribution in [1.82, 2.24) is 5.32 Å². The van der Waals surface area contributed by atoms with E-state index in [1.807, 2.05) is 36.4 Å². The first-order valence-electron chi connectivity index (χ1n) is 8.05. The van der Waals surface area contributed by atoms with Gasteiger partial charge in [0, 0.05) is 0 Å². The number of carbonyl (C=O) groups is 1. The molecule has 1 N–H and O–H groups in total. The zero-order valence-corrected chi connectivity index (χ0v) is 14.8. The summed E-state index contributed by atoms with van der Waals surface area (Å²) in [4.78, 5) is 12.4. The van der Waals surface area contributed by atoms with Crippen LogP contribution in [0.4, 0.5) is 8.78 Å². The van der Waals surface area contributed by atoms with Gasteiger partial charge in [0.1, 0.15) is 11.6 Å². The molecule has 0 heterocycles. The number of ether oxygens (including phenoxy) is 2. The lowest BCUT2D eigenvalue weighted by molar-refractivity contribution is -0.117. The van der Waals surface area contributed by atoms with Crippen LogP contribution in [-0.4, -0.2) is 19.6 Å². The standard InChI is InChI=1S/C20H18F2N2O3/c1-13(15-6-4-3-5-7-15)24-19(25)16(12-23)10-14-8-9-17(26-2)18(11-14)27-20(21)22/h3-11,13,20H,1-2H3,(H,24,25)/b16-10+. The van der Waals surface area contributed by atoms with E-state index in [1.165, 1.54) is 31.4 Å². The van der Waals surface area contributed by atoms with Crippen molar-refractivity contribution in [2.75, 3.05) is 7.11 Å². The molecule has 0 aliphatic carbocycles. The first kappa shape index (κ1) is 19.9. The molecule has 1 atom stereocenters. The van der Waals surface area contributed by atoms with E-state index in [9.17, 15) is 18.8 Å². The summed E-state index contributed by atoms with van der Waals surface area (Å²) in [5.74, 6) is -0.634. The van der Waals surface area contributed by atoms with Crippen LogP contribution in [0.5, 0.6) is 11.5 Å². The van der Waals surface area contributed by atoms with Crippen LogP contribution in [0.3, 0.4) is 0 Å². The topological polar surface area (TPSA) is 71.3 Å². The summed E-state index contributed by atoms with van der Waals surface area (Å²) in [6.45, 7) is -1.23. The molecule has 5 nitrogen and oxygen atoms in total. The summed E-state index contributed by atoms with van der Waals surface area (Å²) < 4.78 is 34.4. The van der Waals surface area contributed by atoms with E-state index < -0.39 is 12.5 Å². The SMILES string of the molecule is COc1ccc(/C=C(\C#N)C(=O)NC(C)c2ccccc2)cc1OC(F)F. The molecule has 0 spiro atoms. The Kier molecular flexibility index (Phi) is 6.89. The molecule has 0 aliphatic heterocycles. The maximum absolute atomic E-state index is 12.5. The number of carbonyl (C=O) groups excluding carboxylic acids is 1. The Morgan fingerprint density at radius 2 is 1.89 bits per heavy atom. The first-order chi connectivity index (χ1) is 12.9. The maximum atomic E-state index is 12.5. The Bertz CT molecular complexity index is 861. The lowest BCUT2D eigenvalue weighted by atomic mass is 10.1. The molecule has 0 saturated heterocycles. The Morgan fingerprint density at radius 3 is 2.48 bits per heavy atom. The largest absolute Gasteiger partial charge is 0.493 e. The van der Waals surface area contributed by atoms with Crippen molar-refractivity contribution < 1.29 is 23.0 Å². The van der Waals surface area contributed by atoms with E-state index in [1.54, 1.807) is 6.92 Å². The van der Waals surface area contributed by atoms with Crippen LogP contribution in [0.1, 0.15) is 24.1 Å². The lowest BCUT2D eigenvalue weighted by Gasteiger charge is -2.14. The highest BCUT2D eigenvalue weighted by atomic mass is 19.3. The van der Waals surface area contributed by atoms with E-state index in [4.69, 9.17) is 4.74 Å². The quantitative estimate of drug-likeness (QED) is 0.587. The summed E-state index contributed by atoms with van der Waals surface area (Å²) in [6, 6.07) is 15.0. The van der Waals surface area contributed by atoms with Crippen molar-refractivity contribution in [2.45, 2.75) is 19.6 Å². The summed E-state index contributed by atoms with van der Waals surface area (Å²) in [7, 11) is 1.32. The summed E-state index contributed by atoms with van der Waals surface area (Å²) >= 11 is 0. The minimum Gasteiger partial charge on any atom is -0.493 e. The number of hydrogen-bond donors (Lipinski definition) is 1. The third-order valence-electron chi connectivity index (χ3n) is 3.73. The van der Waals surface area contributed by atoms with Crippen LogP contribution in [0, 0.1) is 11.3 Å². The van der Waals surface area contributed by atoms with E-state index in [0.29, 0.717) is 5.56 Å². The maximum Gasteiger partial charge on any atom is 0.387 e. The van der Waals surface area contributed by atoms with Gasteiger partial charge in [0.05, 0.1) is 13.2 Å². The van der Waals surface area contributed by atoms with Crippen molar-refractivity contribution in [3.8, 4) is 17.6 Å². The molecular formula is C20H18F2N2O3. The lowest BCUT2D eigenvalue weighted by Crippen LogP contribution is -2.27. The normalized spacial score (nSPS) is 12.2. The Morgan fingerprint density at radius 1 is 1.19 bits per heavy atom. The molecule has 2 aromatic carbocycles. The molecule has 7 heteroatoms.